The van der Waals surface area contributed by atoms with E-state index >= 15 is 0 Å². The number of nitro groups is 1. The van der Waals surface area contributed by atoms with E-state index in [4.69, 9.17) is 9.47 Å². The number of carbonyl (C=O) groups is 1. The average Bonchev–Trinajstić information content (AvgIpc) is 2.65. The highest BCUT2D eigenvalue weighted by Crippen LogP contribution is 2.30. The maximum absolute atomic E-state index is 12.4. The fourth-order valence-electron chi connectivity index (χ4n) is 2.41. The van der Waals surface area contributed by atoms with Crippen molar-refractivity contribution >= 4 is 33.0 Å². The van der Waals surface area contributed by atoms with Gasteiger partial charge in [-0.3, -0.25) is 19.2 Å². The molecule has 0 aromatic heterocycles. The molecular weight excluding hydrogens is 390 g/mol. The largest absolute Gasteiger partial charge is 0.493 e. The summed E-state index contributed by atoms with van der Waals surface area (Å²) in [6, 6.07) is 9.71. The molecule has 0 atom stereocenters. The molecule has 0 heterocycles. The highest BCUT2D eigenvalue weighted by molar-refractivity contribution is 7.92. The Morgan fingerprint density at radius 2 is 1.82 bits per heavy atom. The van der Waals surface area contributed by atoms with Crippen molar-refractivity contribution in [3.8, 4) is 11.5 Å². The minimum Gasteiger partial charge on any atom is -0.493 e. The molecule has 0 unspecified atom stereocenters. The van der Waals surface area contributed by atoms with Crippen LogP contribution in [0.25, 0.3) is 0 Å². The van der Waals surface area contributed by atoms with Crippen molar-refractivity contribution in [2.45, 2.75) is 0 Å². The first-order valence-electron chi connectivity index (χ1n) is 7.89. The highest BCUT2D eigenvalue weighted by atomic mass is 32.2. The number of nitrogens with zero attached hydrogens (tertiary/aromatic N) is 2. The molecule has 1 N–H and O–H groups in total. The molecule has 0 aliphatic carbocycles. The number of sulfonamides is 1. The number of hydrogen-bond donors (Lipinski definition) is 1. The van der Waals surface area contributed by atoms with E-state index in [0.717, 1.165) is 16.6 Å². The van der Waals surface area contributed by atoms with Gasteiger partial charge in [-0.05, 0) is 18.2 Å². The Bertz CT molecular complexity index is 992. The Morgan fingerprint density at radius 1 is 1.14 bits per heavy atom. The third-order valence-electron chi connectivity index (χ3n) is 3.68. The van der Waals surface area contributed by atoms with Crippen molar-refractivity contribution in [1.82, 2.24) is 0 Å². The van der Waals surface area contributed by atoms with E-state index in [9.17, 15) is 23.3 Å². The molecule has 2 aromatic carbocycles. The van der Waals surface area contributed by atoms with Crippen LogP contribution in [-0.2, 0) is 14.8 Å². The van der Waals surface area contributed by atoms with Crippen LogP contribution in [0.2, 0.25) is 0 Å². The molecule has 2 aromatic rings. The summed E-state index contributed by atoms with van der Waals surface area (Å²) in [4.78, 5) is 22.7. The van der Waals surface area contributed by atoms with Gasteiger partial charge in [-0.25, -0.2) is 8.42 Å². The third-order valence-corrected chi connectivity index (χ3v) is 4.82. The Balaban J connectivity index is 2.25. The van der Waals surface area contributed by atoms with Crippen LogP contribution in [0, 0.1) is 10.1 Å². The van der Waals surface area contributed by atoms with Crippen molar-refractivity contribution in [2.24, 2.45) is 0 Å². The van der Waals surface area contributed by atoms with Crippen LogP contribution in [0.5, 0.6) is 11.5 Å². The molecule has 0 saturated heterocycles. The van der Waals surface area contributed by atoms with Gasteiger partial charge in [-0.1, -0.05) is 6.07 Å². The van der Waals surface area contributed by atoms with Gasteiger partial charge in [0.05, 0.1) is 31.1 Å². The molecular formula is C17H19N3O7S. The fourth-order valence-corrected chi connectivity index (χ4v) is 3.25. The number of ether oxygens (including phenoxy) is 2. The van der Waals surface area contributed by atoms with Gasteiger partial charge in [-0.2, -0.15) is 0 Å². The van der Waals surface area contributed by atoms with E-state index in [-0.39, 0.29) is 11.4 Å². The Morgan fingerprint density at radius 3 is 2.39 bits per heavy atom. The van der Waals surface area contributed by atoms with Crippen LogP contribution in [-0.4, -0.2) is 46.3 Å². The summed E-state index contributed by atoms with van der Waals surface area (Å²) in [5, 5.41) is 13.5. The molecule has 28 heavy (non-hydrogen) atoms. The van der Waals surface area contributed by atoms with Crippen LogP contribution in [0.15, 0.2) is 42.5 Å². The number of non-ortho nitro benzene ring substituents is 1. The Hall–Kier alpha value is -3.34. The van der Waals surface area contributed by atoms with E-state index < -0.39 is 27.4 Å². The normalized spacial score (nSPS) is 10.8. The monoisotopic (exact) mass is 409 g/mol. The number of hydrogen-bond acceptors (Lipinski definition) is 7. The van der Waals surface area contributed by atoms with Gasteiger partial charge in [0.15, 0.2) is 11.5 Å². The molecule has 10 nitrogen and oxygen atoms in total. The molecule has 1 amide bonds. The van der Waals surface area contributed by atoms with Crippen LogP contribution >= 0.6 is 0 Å². The lowest BCUT2D eigenvalue weighted by molar-refractivity contribution is -0.384. The molecule has 0 aliphatic heterocycles. The van der Waals surface area contributed by atoms with Crippen LogP contribution in [0.1, 0.15) is 0 Å². The van der Waals surface area contributed by atoms with E-state index in [1.807, 2.05) is 0 Å². The minimum atomic E-state index is -3.87. The number of methoxy groups -OCH3 is 2. The summed E-state index contributed by atoms with van der Waals surface area (Å²) in [6.45, 7) is -0.561. The minimum absolute atomic E-state index is 0.0131. The van der Waals surface area contributed by atoms with E-state index in [1.54, 1.807) is 12.1 Å². The molecule has 0 radical (unpaired) electrons. The second-order valence-corrected chi connectivity index (χ2v) is 7.57. The quantitative estimate of drug-likeness (QED) is 0.522. The number of nitro benzene ring substituents is 1. The standard InChI is InChI=1S/C17H19N3O7S/c1-26-15-8-7-12(9-16(15)27-2)18-17(21)11-19(28(3,24)25)13-5-4-6-14(10-13)20(22)23/h4-10H,11H2,1-3H3,(H,18,21). The van der Waals surface area contributed by atoms with E-state index in [1.165, 1.54) is 38.5 Å². The number of anilines is 2. The van der Waals surface area contributed by atoms with Crippen LogP contribution in [0.3, 0.4) is 0 Å². The zero-order chi connectivity index (χ0) is 20.9. The summed E-state index contributed by atoms with van der Waals surface area (Å²) in [5.74, 6) is 0.220. The van der Waals surface area contributed by atoms with Crippen molar-refractivity contribution in [2.75, 3.05) is 36.6 Å². The summed E-state index contributed by atoms with van der Waals surface area (Å²) in [5.41, 5.74) is 0.0979. The van der Waals surface area contributed by atoms with Crippen LogP contribution in [0.4, 0.5) is 17.1 Å². The predicted molar refractivity (Wildman–Crippen MR) is 103 cm³/mol. The van der Waals surface area contributed by atoms with Crippen molar-refractivity contribution in [3.05, 3.63) is 52.6 Å². The number of rotatable bonds is 8. The molecule has 0 saturated carbocycles. The van der Waals surface area contributed by atoms with Crippen molar-refractivity contribution in [1.29, 1.82) is 0 Å². The third kappa shape index (κ3) is 5.10. The van der Waals surface area contributed by atoms with Crippen molar-refractivity contribution < 1.29 is 27.6 Å². The zero-order valence-electron chi connectivity index (χ0n) is 15.4. The molecule has 0 aliphatic rings. The van der Waals surface area contributed by atoms with E-state index in [0.29, 0.717) is 17.2 Å². The first-order valence-corrected chi connectivity index (χ1v) is 9.74. The second-order valence-electron chi connectivity index (χ2n) is 5.66. The van der Waals surface area contributed by atoms with Gasteiger partial charge in [0.2, 0.25) is 15.9 Å². The highest BCUT2D eigenvalue weighted by Gasteiger charge is 2.23. The molecule has 0 bridgehead atoms. The topological polar surface area (TPSA) is 128 Å². The number of nitrogens with one attached hydrogen (secondary N) is 1. The van der Waals surface area contributed by atoms with Gasteiger partial charge in [0.1, 0.15) is 6.54 Å². The van der Waals surface area contributed by atoms with E-state index in [2.05, 4.69) is 5.32 Å². The van der Waals surface area contributed by atoms with Gasteiger partial charge in [0.25, 0.3) is 5.69 Å². The van der Waals surface area contributed by atoms with Gasteiger partial charge in [-0.15, -0.1) is 0 Å². The number of amides is 1. The number of carbonyl (C=O) groups excluding carboxylic acids is 1. The van der Waals surface area contributed by atoms with Crippen molar-refractivity contribution in [3.63, 3.8) is 0 Å². The second kappa shape index (κ2) is 8.57. The lowest BCUT2D eigenvalue weighted by Gasteiger charge is -2.21. The molecule has 0 spiro atoms. The number of benzene rings is 2. The smallest absolute Gasteiger partial charge is 0.271 e. The molecule has 0 fully saturated rings. The Labute approximate surface area is 161 Å². The fraction of sp³-hybridized carbons (Fsp3) is 0.235. The lowest BCUT2D eigenvalue weighted by Crippen LogP contribution is -2.37. The maximum Gasteiger partial charge on any atom is 0.271 e. The first-order chi connectivity index (χ1) is 13.2. The summed E-state index contributed by atoms with van der Waals surface area (Å²) >= 11 is 0. The summed E-state index contributed by atoms with van der Waals surface area (Å²) < 4.78 is 35.3. The van der Waals surface area contributed by atoms with Gasteiger partial charge >= 0.3 is 0 Å². The molecule has 150 valence electrons. The molecule has 2 rings (SSSR count). The summed E-state index contributed by atoms with van der Waals surface area (Å²) in [7, 11) is -0.953. The average molecular weight is 409 g/mol. The Kier molecular flexibility index (Phi) is 6.41. The first kappa shape index (κ1) is 21.0. The summed E-state index contributed by atoms with van der Waals surface area (Å²) in [6.07, 6.45) is 0.912. The molecule has 11 heteroatoms. The van der Waals surface area contributed by atoms with Crippen LogP contribution < -0.4 is 19.1 Å². The zero-order valence-corrected chi connectivity index (χ0v) is 16.2. The maximum atomic E-state index is 12.4. The van der Waals surface area contributed by atoms with Gasteiger partial charge in [0, 0.05) is 23.9 Å². The lowest BCUT2D eigenvalue weighted by atomic mass is 10.2. The SMILES string of the molecule is COc1ccc(NC(=O)CN(c2cccc([N+](=O)[O-])c2)S(C)(=O)=O)cc1OC. The van der Waals surface area contributed by atoms with Gasteiger partial charge < -0.3 is 14.8 Å². The predicted octanol–water partition coefficient (Wildman–Crippen LogP) is 2.02.